The van der Waals surface area contributed by atoms with Gasteiger partial charge in [-0.25, -0.2) is 9.97 Å². The molecule has 0 aliphatic carbocycles. The van der Waals surface area contributed by atoms with E-state index in [0.29, 0.717) is 12.1 Å². The van der Waals surface area contributed by atoms with Crippen LogP contribution in [0, 0.1) is 6.92 Å². The molecule has 0 spiro atoms. The highest BCUT2D eigenvalue weighted by Gasteiger charge is 2.33. The molecule has 0 amide bonds. The Morgan fingerprint density at radius 1 is 1.33 bits per heavy atom. The molecule has 0 aliphatic heterocycles. The zero-order valence-electron chi connectivity index (χ0n) is 11.6. The molecule has 0 unspecified atom stereocenters. The highest BCUT2D eigenvalue weighted by Crippen LogP contribution is 2.31. The van der Waals surface area contributed by atoms with Crippen LogP contribution in [0.15, 0.2) is 17.6 Å². The summed E-state index contributed by atoms with van der Waals surface area (Å²) in [7, 11) is 1.70. The zero-order chi connectivity index (χ0) is 15.6. The largest absolute Gasteiger partial charge is 0.433 e. The third-order valence-electron chi connectivity index (χ3n) is 3.05. The number of pyridine rings is 1. The van der Waals surface area contributed by atoms with Gasteiger partial charge in [0.15, 0.2) is 0 Å². The van der Waals surface area contributed by atoms with Gasteiger partial charge in [-0.3, -0.25) is 0 Å². The fourth-order valence-electron chi connectivity index (χ4n) is 1.89. The minimum Gasteiger partial charge on any atom is -0.354 e. The lowest BCUT2D eigenvalue weighted by Crippen LogP contribution is -2.22. The Kier molecular flexibility index (Phi) is 4.48. The van der Waals surface area contributed by atoms with E-state index in [-0.39, 0.29) is 12.4 Å². The van der Waals surface area contributed by atoms with Crippen molar-refractivity contribution < 1.29 is 13.2 Å². The minimum absolute atomic E-state index is 0.131. The summed E-state index contributed by atoms with van der Waals surface area (Å²) in [5.74, 6) is 0.250. The summed E-state index contributed by atoms with van der Waals surface area (Å²) in [6.45, 7) is 2.44. The first kappa shape index (κ1) is 15.7. The van der Waals surface area contributed by atoms with Gasteiger partial charge in [0.25, 0.3) is 0 Å². The number of aromatic nitrogens is 2. The van der Waals surface area contributed by atoms with Crippen LogP contribution >= 0.6 is 11.3 Å². The molecule has 0 saturated carbocycles. The summed E-state index contributed by atoms with van der Waals surface area (Å²) in [6.07, 6.45) is -4.47. The highest BCUT2D eigenvalue weighted by molar-refractivity contribution is 7.09. The van der Waals surface area contributed by atoms with E-state index in [9.17, 15) is 13.2 Å². The van der Waals surface area contributed by atoms with Gasteiger partial charge in [-0.15, -0.1) is 11.3 Å². The number of anilines is 1. The summed E-state index contributed by atoms with van der Waals surface area (Å²) >= 11 is 1.46. The quantitative estimate of drug-likeness (QED) is 0.942. The Labute approximate surface area is 124 Å². The maximum absolute atomic E-state index is 12.8. The fourth-order valence-corrected chi connectivity index (χ4v) is 2.72. The number of halogens is 3. The lowest BCUT2D eigenvalue weighted by molar-refractivity contribution is -0.141. The van der Waals surface area contributed by atoms with Gasteiger partial charge in [0.1, 0.15) is 11.5 Å². The smallest absolute Gasteiger partial charge is 0.354 e. The molecule has 114 valence electrons. The second kappa shape index (κ2) is 5.98. The van der Waals surface area contributed by atoms with Gasteiger partial charge >= 0.3 is 6.18 Å². The lowest BCUT2D eigenvalue weighted by Gasteiger charge is -2.21. The van der Waals surface area contributed by atoms with Crippen LogP contribution in [0.3, 0.4) is 0 Å². The van der Waals surface area contributed by atoms with Crippen molar-refractivity contribution in [3.05, 3.63) is 39.5 Å². The van der Waals surface area contributed by atoms with Gasteiger partial charge in [0, 0.05) is 24.0 Å². The molecule has 0 aromatic carbocycles. The molecule has 4 nitrogen and oxygen atoms in total. The molecular weight excluding hydrogens is 301 g/mol. The monoisotopic (exact) mass is 316 g/mol. The molecule has 2 rings (SSSR count). The number of nitrogens with zero attached hydrogens (tertiary/aromatic N) is 3. The van der Waals surface area contributed by atoms with Crippen molar-refractivity contribution in [3.8, 4) is 0 Å². The predicted octanol–water partition coefficient (Wildman–Crippen LogP) is 2.96. The van der Waals surface area contributed by atoms with E-state index >= 15 is 0 Å². The van der Waals surface area contributed by atoms with Gasteiger partial charge in [-0.1, -0.05) is 6.07 Å². The molecule has 21 heavy (non-hydrogen) atoms. The van der Waals surface area contributed by atoms with Crippen molar-refractivity contribution in [3.63, 3.8) is 0 Å². The van der Waals surface area contributed by atoms with Crippen molar-refractivity contribution in [2.24, 2.45) is 5.73 Å². The molecule has 2 heterocycles. The minimum atomic E-state index is -4.47. The van der Waals surface area contributed by atoms with Crippen molar-refractivity contribution in [2.75, 3.05) is 11.9 Å². The van der Waals surface area contributed by atoms with E-state index in [1.165, 1.54) is 17.4 Å². The van der Waals surface area contributed by atoms with E-state index in [1.54, 1.807) is 17.5 Å². The standard InChI is InChI=1S/C13H15F3N4S/c1-8-10(21-7-18-8)6-20(2)12-9(5-17)3-4-11(19-12)13(14,15)16/h3-4,7H,5-6,17H2,1-2H3. The Morgan fingerprint density at radius 3 is 2.57 bits per heavy atom. The lowest BCUT2D eigenvalue weighted by atomic mass is 10.2. The molecule has 2 aromatic heterocycles. The van der Waals surface area contributed by atoms with Crippen LogP contribution in [0.1, 0.15) is 21.8 Å². The van der Waals surface area contributed by atoms with Crippen LogP contribution < -0.4 is 10.6 Å². The van der Waals surface area contributed by atoms with Crippen molar-refractivity contribution in [1.29, 1.82) is 0 Å². The van der Waals surface area contributed by atoms with Crippen LogP contribution in [0.25, 0.3) is 0 Å². The molecule has 2 aromatic rings. The van der Waals surface area contributed by atoms with Crippen molar-refractivity contribution >= 4 is 17.2 Å². The summed E-state index contributed by atoms with van der Waals surface area (Å²) < 4.78 is 38.4. The van der Waals surface area contributed by atoms with E-state index in [4.69, 9.17) is 5.73 Å². The van der Waals surface area contributed by atoms with E-state index < -0.39 is 11.9 Å². The Morgan fingerprint density at radius 2 is 2.05 bits per heavy atom. The molecule has 0 bridgehead atoms. The number of hydrogen-bond donors (Lipinski definition) is 1. The normalized spacial score (nSPS) is 11.7. The second-order valence-corrected chi connectivity index (χ2v) is 5.54. The van der Waals surface area contributed by atoms with E-state index in [2.05, 4.69) is 9.97 Å². The molecule has 0 saturated heterocycles. The number of rotatable bonds is 4. The average Bonchev–Trinajstić information content (AvgIpc) is 2.82. The molecule has 8 heteroatoms. The number of alkyl halides is 3. The third kappa shape index (κ3) is 3.51. The van der Waals surface area contributed by atoms with E-state index in [1.807, 2.05) is 6.92 Å². The second-order valence-electron chi connectivity index (χ2n) is 4.60. The summed E-state index contributed by atoms with van der Waals surface area (Å²) in [6, 6.07) is 2.33. The van der Waals surface area contributed by atoms with Gasteiger partial charge < -0.3 is 10.6 Å². The Bertz CT molecular complexity index is 624. The van der Waals surface area contributed by atoms with Crippen molar-refractivity contribution in [2.45, 2.75) is 26.2 Å². The SMILES string of the molecule is Cc1ncsc1CN(C)c1nc(C(F)(F)F)ccc1CN. The highest BCUT2D eigenvalue weighted by atomic mass is 32.1. The van der Waals surface area contributed by atoms with Gasteiger partial charge in [0.2, 0.25) is 0 Å². The maximum Gasteiger partial charge on any atom is 0.433 e. The number of nitrogens with two attached hydrogens (primary N) is 1. The maximum atomic E-state index is 12.8. The molecule has 2 N–H and O–H groups in total. The first-order chi connectivity index (χ1) is 9.82. The average molecular weight is 316 g/mol. The number of hydrogen-bond acceptors (Lipinski definition) is 5. The van der Waals surface area contributed by atoms with Gasteiger partial charge in [-0.2, -0.15) is 13.2 Å². The Hall–Kier alpha value is -1.67. The molecule has 0 radical (unpaired) electrons. The van der Waals surface area contributed by atoms with Gasteiger partial charge in [0.05, 0.1) is 17.7 Å². The predicted molar refractivity (Wildman–Crippen MR) is 76.1 cm³/mol. The van der Waals surface area contributed by atoms with Crippen molar-refractivity contribution in [1.82, 2.24) is 9.97 Å². The molecule has 0 aliphatic rings. The van der Waals surface area contributed by atoms with E-state index in [0.717, 1.165) is 16.6 Å². The topological polar surface area (TPSA) is 55.0 Å². The molecule has 0 atom stereocenters. The fraction of sp³-hybridized carbons (Fsp3) is 0.385. The van der Waals surface area contributed by atoms with Crippen LogP contribution in [-0.2, 0) is 19.3 Å². The number of thiazole rings is 1. The van der Waals surface area contributed by atoms with Crippen LogP contribution in [0.2, 0.25) is 0 Å². The molecular formula is C13H15F3N4S. The van der Waals surface area contributed by atoms with Gasteiger partial charge in [-0.05, 0) is 13.0 Å². The number of aryl methyl sites for hydroxylation is 1. The summed E-state index contributed by atoms with van der Waals surface area (Å²) in [5, 5.41) is 0. The van der Waals surface area contributed by atoms with Crippen LogP contribution in [0.5, 0.6) is 0 Å². The third-order valence-corrected chi connectivity index (χ3v) is 3.97. The summed E-state index contributed by atoms with van der Waals surface area (Å²) in [5.41, 5.74) is 7.83. The zero-order valence-corrected chi connectivity index (χ0v) is 12.4. The first-order valence-corrected chi connectivity index (χ1v) is 7.08. The van der Waals surface area contributed by atoms with Crippen LogP contribution in [-0.4, -0.2) is 17.0 Å². The first-order valence-electron chi connectivity index (χ1n) is 6.20. The summed E-state index contributed by atoms with van der Waals surface area (Å²) in [4.78, 5) is 10.5. The Balaban J connectivity index is 2.34. The van der Waals surface area contributed by atoms with Crippen LogP contribution in [0.4, 0.5) is 19.0 Å². The molecule has 0 fully saturated rings.